The van der Waals surface area contributed by atoms with Crippen LogP contribution in [0.1, 0.15) is 44.9 Å². The molecule has 0 atom stereocenters. The van der Waals surface area contributed by atoms with Crippen LogP contribution >= 0.6 is 0 Å². The fraction of sp³-hybridized carbons (Fsp3) is 0.500. The van der Waals surface area contributed by atoms with Crippen molar-refractivity contribution in [1.82, 2.24) is 4.98 Å². The van der Waals surface area contributed by atoms with E-state index in [1.54, 1.807) is 19.2 Å². The second-order valence-electron chi connectivity index (χ2n) is 4.66. The Hall–Kier alpha value is -1.84. The molecular formula is C16H24N2O2. The van der Waals surface area contributed by atoms with Gasteiger partial charge in [0.05, 0.1) is 6.61 Å². The zero-order valence-electron chi connectivity index (χ0n) is 12.8. The van der Waals surface area contributed by atoms with Crippen LogP contribution in [0.15, 0.2) is 18.3 Å². The molecule has 1 heterocycles. The Balaban J connectivity index is 2.92. The topological polar surface area (TPSA) is 51.2 Å². The molecule has 0 unspecified atom stereocenters. The number of aryl methyl sites for hydroxylation is 1. The molecule has 0 amide bonds. The monoisotopic (exact) mass is 276 g/mol. The summed E-state index contributed by atoms with van der Waals surface area (Å²) in [6, 6.07) is 2.43. The van der Waals surface area contributed by atoms with Crippen LogP contribution in [-0.2, 0) is 9.53 Å². The molecule has 4 nitrogen and oxygen atoms in total. The van der Waals surface area contributed by atoms with E-state index in [0.717, 1.165) is 29.8 Å². The van der Waals surface area contributed by atoms with Crippen molar-refractivity contribution in [1.29, 1.82) is 0 Å². The van der Waals surface area contributed by atoms with Crippen LogP contribution in [0, 0.1) is 6.92 Å². The summed E-state index contributed by atoms with van der Waals surface area (Å²) in [7, 11) is 0. The first kappa shape index (κ1) is 16.2. The lowest BCUT2D eigenvalue weighted by Crippen LogP contribution is -2.17. The molecule has 0 aliphatic heterocycles. The molecule has 0 spiro atoms. The molecule has 1 aromatic heterocycles. The van der Waals surface area contributed by atoms with E-state index in [9.17, 15) is 4.79 Å². The number of rotatable bonds is 7. The number of hydrogen-bond acceptors (Lipinski definition) is 4. The SMILES string of the molecule is CCOC(=O)/C=C/c1cnc(C)cc1NC(CC)CC. The lowest BCUT2D eigenvalue weighted by molar-refractivity contribution is -0.137. The lowest BCUT2D eigenvalue weighted by Gasteiger charge is -2.18. The average Bonchev–Trinajstić information content (AvgIpc) is 2.44. The highest BCUT2D eigenvalue weighted by molar-refractivity contribution is 5.88. The van der Waals surface area contributed by atoms with E-state index in [4.69, 9.17) is 4.74 Å². The van der Waals surface area contributed by atoms with E-state index in [-0.39, 0.29) is 5.97 Å². The van der Waals surface area contributed by atoms with Gasteiger partial charge in [-0.1, -0.05) is 13.8 Å². The van der Waals surface area contributed by atoms with Crippen molar-refractivity contribution < 1.29 is 9.53 Å². The third kappa shape index (κ3) is 5.03. The van der Waals surface area contributed by atoms with Gasteiger partial charge >= 0.3 is 5.97 Å². The predicted molar refractivity (Wildman–Crippen MR) is 82.6 cm³/mol. The largest absolute Gasteiger partial charge is 0.463 e. The second kappa shape index (κ2) is 8.35. The van der Waals surface area contributed by atoms with Crippen LogP contribution in [0.25, 0.3) is 6.08 Å². The van der Waals surface area contributed by atoms with Crippen LogP contribution in [0.4, 0.5) is 5.69 Å². The van der Waals surface area contributed by atoms with Crippen molar-refractivity contribution in [3.05, 3.63) is 29.6 Å². The molecule has 0 bridgehead atoms. The third-order valence-corrected chi connectivity index (χ3v) is 3.10. The highest BCUT2D eigenvalue weighted by Crippen LogP contribution is 2.20. The van der Waals surface area contributed by atoms with Crippen LogP contribution in [-0.4, -0.2) is 23.6 Å². The molecule has 1 N–H and O–H groups in total. The van der Waals surface area contributed by atoms with Crippen LogP contribution < -0.4 is 5.32 Å². The quantitative estimate of drug-likeness (QED) is 0.611. The Morgan fingerprint density at radius 1 is 1.40 bits per heavy atom. The summed E-state index contributed by atoms with van der Waals surface area (Å²) in [6.07, 6.45) is 7.07. The number of nitrogens with zero attached hydrogens (tertiary/aromatic N) is 1. The molecule has 1 rings (SSSR count). The van der Waals surface area contributed by atoms with Gasteiger partial charge in [-0.25, -0.2) is 4.79 Å². The van der Waals surface area contributed by atoms with E-state index < -0.39 is 0 Å². The molecular weight excluding hydrogens is 252 g/mol. The van der Waals surface area contributed by atoms with Crippen molar-refractivity contribution in [3.8, 4) is 0 Å². The molecule has 0 fully saturated rings. The van der Waals surface area contributed by atoms with Crippen LogP contribution in [0.2, 0.25) is 0 Å². The minimum atomic E-state index is -0.332. The molecule has 110 valence electrons. The number of anilines is 1. The number of aromatic nitrogens is 1. The summed E-state index contributed by atoms with van der Waals surface area (Å²) >= 11 is 0. The van der Waals surface area contributed by atoms with Gasteiger partial charge in [0.2, 0.25) is 0 Å². The van der Waals surface area contributed by atoms with Gasteiger partial charge in [-0.3, -0.25) is 4.98 Å². The fourth-order valence-electron chi connectivity index (χ4n) is 1.89. The molecule has 0 saturated carbocycles. The summed E-state index contributed by atoms with van der Waals surface area (Å²) in [5, 5.41) is 3.50. The molecule has 0 saturated heterocycles. The van der Waals surface area contributed by atoms with Gasteiger partial charge in [0, 0.05) is 35.3 Å². The predicted octanol–water partition coefficient (Wildman–Crippen LogP) is 3.57. The summed E-state index contributed by atoms with van der Waals surface area (Å²) in [5.41, 5.74) is 2.86. The summed E-state index contributed by atoms with van der Waals surface area (Å²) in [6.45, 7) is 8.44. The number of esters is 1. The molecule has 1 aromatic rings. The van der Waals surface area contributed by atoms with Crippen molar-refractivity contribution in [2.24, 2.45) is 0 Å². The van der Waals surface area contributed by atoms with Crippen molar-refractivity contribution in [2.75, 3.05) is 11.9 Å². The first-order chi connectivity index (χ1) is 9.60. The van der Waals surface area contributed by atoms with E-state index in [1.165, 1.54) is 6.08 Å². The maximum absolute atomic E-state index is 11.4. The maximum atomic E-state index is 11.4. The zero-order valence-corrected chi connectivity index (χ0v) is 12.8. The van der Waals surface area contributed by atoms with Gasteiger partial charge in [0.15, 0.2) is 0 Å². The van der Waals surface area contributed by atoms with Gasteiger partial charge in [0.25, 0.3) is 0 Å². The first-order valence-electron chi connectivity index (χ1n) is 7.18. The number of hydrogen-bond donors (Lipinski definition) is 1. The van der Waals surface area contributed by atoms with Crippen molar-refractivity contribution in [2.45, 2.75) is 46.6 Å². The minimum absolute atomic E-state index is 0.332. The van der Waals surface area contributed by atoms with E-state index >= 15 is 0 Å². The summed E-state index contributed by atoms with van der Waals surface area (Å²) < 4.78 is 4.88. The molecule has 0 aromatic carbocycles. The summed E-state index contributed by atoms with van der Waals surface area (Å²) in [5.74, 6) is -0.332. The zero-order chi connectivity index (χ0) is 15.0. The third-order valence-electron chi connectivity index (χ3n) is 3.10. The summed E-state index contributed by atoms with van der Waals surface area (Å²) in [4.78, 5) is 15.7. The van der Waals surface area contributed by atoms with Gasteiger partial charge in [-0.05, 0) is 38.8 Å². The Kier molecular flexibility index (Phi) is 6.77. The second-order valence-corrected chi connectivity index (χ2v) is 4.66. The molecule has 0 radical (unpaired) electrons. The molecule has 0 aliphatic rings. The first-order valence-corrected chi connectivity index (χ1v) is 7.18. The Morgan fingerprint density at radius 3 is 2.70 bits per heavy atom. The maximum Gasteiger partial charge on any atom is 0.330 e. The van der Waals surface area contributed by atoms with Gasteiger partial charge in [0.1, 0.15) is 0 Å². The number of carbonyl (C=O) groups excluding carboxylic acids is 1. The van der Waals surface area contributed by atoms with Gasteiger partial charge < -0.3 is 10.1 Å². The van der Waals surface area contributed by atoms with Crippen molar-refractivity contribution >= 4 is 17.7 Å². The van der Waals surface area contributed by atoms with E-state index in [2.05, 4.69) is 24.1 Å². The highest BCUT2D eigenvalue weighted by Gasteiger charge is 2.07. The minimum Gasteiger partial charge on any atom is -0.463 e. The van der Waals surface area contributed by atoms with Crippen LogP contribution in [0.3, 0.4) is 0 Å². The molecule has 4 heteroatoms. The molecule has 20 heavy (non-hydrogen) atoms. The van der Waals surface area contributed by atoms with Gasteiger partial charge in [-0.2, -0.15) is 0 Å². The Morgan fingerprint density at radius 2 is 2.10 bits per heavy atom. The fourth-order valence-corrected chi connectivity index (χ4v) is 1.89. The average molecular weight is 276 g/mol. The number of nitrogens with one attached hydrogen (secondary N) is 1. The number of pyridine rings is 1. The van der Waals surface area contributed by atoms with Crippen molar-refractivity contribution in [3.63, 3.8) is 0 Å². The number of ether oxygens (including phenoxy) is 1. The Labute approximate surface area is 121 Å². The molecule has 0 aliphatic carbocycles. The standard InChI is InChI=1S/C16H24N2O2/c1-5-14(6-2)18-15-10-12(4)17-11-13(15)8-9-16(19)20-7-3/h8-11,14H,5-7H2,1-4H3,(H,17,18)/b9-8+. The lowest BCUT2D eigenvalue weighted by atomic mass is 10.1. The van der Waals surface area contributed by atoms with Gasteiger partial charge in [-0.15, -0.1) is 0 Å². The van der Waals surface area contributed by atoms with E-state index in [0.29, 0.717) is 12.6 Å². The Bertz CT molecular complexity index is 466. The smallest absolute Gasteiger partial charge is 0.330 e. The van der Waals surface area contributed by atoms with Crippen LogP contribution in [0.5, 0.6) is 0 Å². The number of carbonyl (C=O) groups is 1. The van der Waals surface area contributed by atoms with E-state index in [1.807, 2.05) is 13.0 Å². The highest BCUT2D eigenvalue weighted by atomic mass is 16.5. The normalized spacial score (nSPS) is 11.1.